The fourth-order valence-electron chi connectivity index (χ4n) is 2.88. The van der Waals surface area contributed by atoms with Crippen LogP contribution in [0.2, 0.25) is 0 Å². The van der Waals surface area contributed by atoms with Gasteiger partial charge in [-0.3, -0.25) is 9.89 Å². The van der Waals surface area contributed by atoms with Crippen molar-refractivity contribution < 1.29 is 4.74 Å². The fourth-order valence-corrected chi connectivity index (χ4v) is 2.88. The van der Waals surface area contributed by atoms with Gasteiger partial charge in [-0.25, -0.2) is 0 Å². The summed E-state index contributed by atoms with van der Waals surface area (Å²) in [6.45, 7) is 16.1. The molecule has 2 unspecified atom stereocenters. The predicted molar refractivity (Wildman–Crippen MR) is 114 cm³/mol. The number of aliphatic imine (C=N–C) groups is 1. The third-order valence-corrected chi connectivity index (χ3v) is 4.13. The second-order valence-corrected chi connectivity index (χ2v) is 7.62. The molecule has 1 aliphatic rings. The molecule has 5 nitrogen and oxygen atoms in total. The van der Waals surface area contributed by atoms with E-state index in [4.69, 9.17) is 4.74 Å². The van der Waals surface area contributed by atoms with E-state index in [2.05, 4.69) is 55.1 Å². The largest absolute Gasteiger partial charge is 0.374 e. The summed E-state index contributed by atoms with van der Waals surface area (Å²) in [5, 5.41) is 6.89. The van der Waals surface area contributed by atoms with Gasteiger partial charge >= 0.3 is 0 Å². The number of hydrogen-bond acceptors (Lipinski definition) is 3. The van der Waals surface area contributed by atoms with E-state index in [9.17, 15) is 0 Å². The summed E-state index contributed by atoms with van der Waals surface area (Å²) < 4.78 is 5.88. The lowest BCUT2D eigenvalue weighted by molar-refractivity contribution is -0.0284. The first-order chi connectivity index (χ1) is 10.9. The van der Waals surface area contributed by atoms with E-state index >= 15 is 0 Å². The maximum atomic E-state index is 5.88. The first kappa shape index (κ1) is 23.9. The van der Waals surface area contributed by atoms with Gasteiger partial charge in [0.2, 0.25) is 0 Å². The molecule has 1 fully saturated rings. The van der Waals surface area contributed by atoms with Crippen molar-refractivity contribution in [2.75, 3.05) is 39.8 Å². The van der Waals surface area contributed by atoms with Crippen LogP contribution in [-0.4, -0.2) is 62.8 Å². The van der Waals surface area contributed by atoms with E-state index in [0.717, 1.165) is 44.7 Å². The molecule has 1 saturated heterocycles. The van der Waals surface area contributed by atoms with Crippen LogP contribution in [0.3, 0.4) is 0 Å². The van der Waals surface area contributed by atoms with E-state index in [0.29, 0.717) is 12.0 Å². The summed E-state index contributed by atoms with van der Waals surface area (Å²) in [5.41, 5.74) is 0. The molecule has 0 aromatic carbocycles. The first-order valence-corrected chi connectivity index (χ1v) is 9.21. The minimum Gasteiger partial charge on any atom is -0.374 e. The maximum Gasteiger partial charge on any atom is 0.191 e. The number of morpholine rings is 1. The maximum absolute atomic E-state index is 5.88. The third kappa shape index (κ3) is 10.7. The minimum atomic E-state index is 0. The van der Waals surface area contributed by atoms with Crippen LogP contribution >= 0.6 is 24.0 Å². The highest BCUT2D eigenvalue weighted by Crippen LogP contribution is 2.08. The van der Waals surface area contributed by atoms with Crippen molar-refractivity contribution in [2.24, 2.45) is 16.8 Å². The van der Waals surface area contributed by atoms with Crippen LogP contribution in [0.4, 0.5) is 0 Å². The van der Waals surface area contributed by atoms with Gasteiger partial charge in [-0.2, -0.15) is 0 Å². The average molecular weight is 454 g/mol. The summed E-state index contributed by atoms with van der Waals surface area (Å²) in [4.78, 5) is 6.83. The van der Waals surface area contributed by atoms with Crippen molar-refractivity contribution >= 4 is 29.9 Å². The number of rotatable bonds is 8. The Morgan fingerprint density at radius 1 is 1.17 bits per heavy atom. The predicted octanol–water partition coefficient (Wildman–Crippen LogP) is 2.95. The molecule has 0 aromatic rings. The van der Waals surface area contributed by atoms with Crippen molar-refractivity contribution in [3.8, 4) is 0 Å². The summed E-state index contributed by atoms with van der Waals surface area (Å²) in [5.74, 6) is 2.33. The molecule has 144 valence electrons. The van der Waals surface area contributed by atoms with Crippen molar-refractivity contribution in [1.29, 1.82) is 0 Å². The Morgan fingerprint density at radius 2 is 1.88 bits per heavy atom. The number of hydrogen-bond donors (Lipinski definition) is 2. The molecule has 1 aliphatic heterocycles. The van der Waals surface area contributed by atoms with Gasteiger partial charge in [0.15, 0.2) is 5.96 Å². The lowest BCUT2D eigenvalue weighted by Gasteiger charge is -2.34. The Balaban J connectivity index is 0.00000529. The van der Waals surface area contributed by atoms with Gasteiger partial charge in [0.05, 0.1) is 12.7 Å². The topological polar surface area (TPSA) is 48.9 Å². The van der Waals surface area contributed by atoms with Crippen molar-refractivity contribution in [2.45, 2.75) is 59.6 Å². The molecule has 2 N–H and O–H groups in total. The molecule has 6 heteroatoms. The molecule has 1 rings (SSSR count). The Morgan fingerprint density at radius 3 is 2.46 bits per heavy atom. The standard InChI is InChI=1S/C18H38N4O.HI/c1-14(2)7-8-16(5)21-18(19-6)20-11-17-13-22(9-10-23-17)12-15(3)4;/h14-17H,7-13H2,1-6H3,(H2,19,20,21);1H. The molecule has 1 heterocycles. The van der Waals surface area contributed by atoms with Crippen LogP contribution in [0, 0.1) is 11.8 Å². The summed E-state index contributed by atoms with van der Waals surface area (Å²) in [7, 11) is 1.83. The van der Waals surface area contributed by atoms with Crippen molar-refractivity contribution in [1.82, 2.24) is 15.5 Å². The lowest BCUT2D eigenvalue weighted by atomic mass is 10.0. The van der Waals surface area contributed by atoms with Gasteiger partial charge in [-0.1, -0.05) is 27.7 Å². The van der Waals surface area contributed by atoms with Crippen LogP contribution in [0.15, 0.2) is 4.99 Å². The van der Waals surface area contributed by atoms with E-state index < -0.39 is 0 Å². The highest BCUT2D eigenvalue weighted by atomic mass is 127. The SMILES string of the molecule is CN=C(NCC1CN(CC(C)C)CCO1)NC(C)CCC(C)C.I. The van der Waals surface area contributed by atoms with Crippen molar-refractivity contribution in [3.05, 3.63) is 0 Å². The lowest BCUT2D eigenvalue weighted by Crippen LogP contribution is -2.51. The minimum absolute atomic E-state index is 0. The van der Waals surface area contributed by atoms with Crippen LogP contribution in [0.1, 0.15) is 47.5 Å². The number of ether oxygens (including phenoxy) is 1. The van der Waals surface area contributed by atoms with E-state index in [1.165, 1.54) is 12.8 Å². The van der Waals surface area contributed by atoms with Gasteiger partial charge < -0.3 is 15.4 Å². The number of nitrogens with zero attached hydrogens (tertiary/aromatic N) is 2. The molecule has 0 aliphatic carbocycles. The number of nitrogens with one attached hydrogen (secondary N) is 2. The molecule has 0 bridgehead atoms. The van der Waals surface area contributed by atoms with Gasteiger partial charge in [0, 0.05) is 39.3 Å². The highest BCUT2D eigenvalue weighted by Gasteiger charge is 2.21. The van der Waals surface area contributed by atoms with Crippen molar-refractivity contribution in [3.63, 3.8) is 0 Å². The second kappa shape index (κ2) is 13.2. The first-order valence-electron chi connectivity index (χ1n) is 9.21. The van der Waals surface area contributed by atoms with E-state index in [1.54, 1.807) is 0 Å². The van der Waals surface area contributed by atoms with E-state index in [-0.39, 0.29) is 30.1 Å². The molecule has 0 amide bonds. The average Bonchev–Trinajstić information content (AvgIpc) is 2.49. The molecule has 0 radical (unpaired) electrons. The molecular formula is C18H39IN4O. The summed E-state index contributed by atoms with van der Waals surface area (Å²) in [6.07, 6.45) is 2.65. The van der Waals surface area contributed by atoms with E-state index in [1.807, 2.05) is 7.05 Å². The number of guanidine groups is 1. The fraction of sp³-hybridized carbons (Fsp3) is 0.944. The Kier molecular flexibility index (Phi) is 13.1. The quantitative estimate of drug-likeness (QED) is 0.337. The van der Waals surface area contributed by atoms with Gasteiger partial charge in [0.1, 0.15) is 0 Å². The Hall–Kier alpha value is -0.0800. The smallest absolute Gasteiger partial charge is 0.191 e. The zero-order valence-electron chi connectivity index (χ0n) is 16.5. The molecule has 0 spiro atoms. The van der Waals surface area contributed by atoms with Gasteiger partial charge in [0.25, 0.3) is 0 Å². The monoisotopic (exact) mass is 454 g/mol. The molecule has 0 aromatic heterocycles. The van der Waals surface area contributed by atoms with Crippen LogP contribution in [-0.2, 0) is 4.74 Å². The zero-order valence-corrected chi connectivity index (χ0v) is 18.8. The molecule has 24 heavy (non-hydrogen) atoms. The molecular weight excluding hydrogens is 415 g/mol. The molecule has 2 atom stereocenters. The number of halogens is 1. The highest BCUT2D eigenvalue weighted by molar-refractivity contribution is 14.0. The van der Waals surface area contributed by atoms with Gasteiger partial charge in [-0.05, 0) is 31.6 Å². The van der Waals surface area contributed by atoms with Crippen LogP contribution in [0.25, 0.3) is 0 Å². The van der Waals surface area contributed by atoms with Crippen LogP contribution in [0.5, 0.6) is 0 Å². The summed E-state index contributed by atoms with van der Waals surface area (Å²) in [6, 6.07) is 0.438. The second-order valence-electron chi connectivity index (χ2n) is 7.62. The Labute approximate surface area is 166 Å². The Bertz CT molecular complexity index is 350. The van der Waals surface area contributed by atoms with Crippen LogP contribution < -0.4 is 10.6 Å². The normalized spacial score (nSPS) is 20.8. The third-order valence-electron chi connectivity index (χ3n) is 4.13. The zero-order chi connectivity index (χ0) is 17.2. The van der Waals surface area contributed by atoms with Gasteiger partial charge in [-0.15, -0.1) is 24.0 Å². The summed E-state index contributed by atoms with van der Waals surface area (Å²) >= 11 is 0. The molecule has 0 saturated carbocycles.